The van der Waals surface area contributed by atoms with E-state index in [-0.39, 0.29) is 29.7 Å². The van der Waals surface area contributed by atoms with Gasteiger partial charge in [-0.1, -0.05) is 29.8 Å². The Balaban J connectivity index is 1.88. The molecule has 1 atom stereocenters. The smallest absolute Gasteiger partial charge is 0.263 e. The second-order valence-electron chi connectivity index (χ2n) is 6.32. The summed E-state index contributed by atoms with van der Waals surface area (Å²) < 4.78 is 1.56. The van der Waals surface area contributed by atoms with Gasteiger partial charge in [-0.2, -0.15) is 0 Å². The van der Waals surface area contributed by atoms with E-state index in [1.54, 1.807) is 27.8 Å². The van der Waals surface area contributed by atoms with Crippen LogP contribution in [0.1, 0.15) is 34.3 Å². The van der Waals surface area contributed by atoms with Crippen molar-refractivity contribution < 1.29 is 9.90 Å². The van der Waals surface area contributed by atoms with Gasteiger partial charge in [-0.05, 0) is 37.5 Å². The van der Waals surface area contributed by atoms with Crippen LogP contribution in [0.2, 0.25) is 0 Å². The number of aryl methyl sites for hydroxylation is 1. The highest BCUT2D eigenvalue weighted by Crippen LogP contribution is 2.18. The molecule has 1 amide bonds. The summed E-state index contributed by atoms with van der Waals surface area (Å²) in [5.41, 5.74) is 2.05. The first-order chi connectivity index (χ1) is 11.6. The fourth-order valence-electron chi connectivity index (χ4n) is 3.28. The van der Waals surface area contributed by atoms with E-state index in [4.69, 9.17) is 0 Å². The van der Waals surface area contributed by atoms with Gasteiger partial charge in [0.2, 0.25) is 0 Å². The lowest BCUT2D eigenvalue weighted by molar-refractivity contribution is 0.0675. The molecule has 2 aromatic rings. The Labute approximate surface area is 141 Å². The molecule has 1 aromatic carbocycles. The molecule has 126 valence electrons. The molecule has 24 heavy (non-hydrogen) atoms. The van der Waals surface area contributed by atoms with Crippen LogP contribution in [0.4, 0.5) is 0 Å². The van der Waals surface area contributed by atoms with E-state index < -0.39 is 0 Å². The molecule has 0 radical (unpaired) electrons. The first-order valence-electron chi connectivity index (χ1n) is 8.27. The summed E-state index contributed by atoms with van der Waals surface area (Å²) in [7, 11) is 0. The van der Waals surface area contributed by atoms with Crippen LogP contribution in [-0.4, -0.2) is 39.7 Å². The zero-order valence-corrected chi connectivity index (χ0v) is 13.8. The Morgan fingerprint density at radius 3 is 2.88 bits per heavy atom. The number of nitrogens with zero attached hydrogens (tertiary/aromatic N) is 2. The third-order valence-corrected chi connectivity index (χ3v) is 4.53. The Morgan fingerprint density at radius 1 is 1.29 bits per heavy atom. The van der Waals surface area contributed by atoms with E-state index in [0.717, 1.165) is 24.0 Å². The molecule has 2 heterocycles. The van der Waals surface area contributed by atoms with Crippen molar-refractivity contribution in [2.45, 2.75) is 32.4 Å². The number of rotatable bonds is 4. The standard InChI is InChI=1S/C19H22N2O3/c1-14-5-2-6-15(11-14)12-20-9-4-8-17(18(20)23)19(24)21-10-3-7-16(21)13-22/h2,4-6,8-9,11,16,22H,3,7,10,12-13H2,1H3/t16-/m1/s1. The summed E-state index contributed by atoms with van der Waals surface area (Å²) in [5, 5.41) is 9.40. The predicted molar refractivity (Wildman–Crippen MR) is 92.1 cm³/mol. The maximum absolute atomic E-state index is 12.7. The van der Waals surface area contributed by atoms with E-state index in [0.29, 0.717) is 13.1 Å². The second kappa shape index (κ2) is 7.01. The average molecular weight is 326 g/mol. The molecular weight excluding hydrogens is 304 g/mol. The van der Waals surface area contributed by atoms with Crippen LogP contribution >= 0.6 is 0 Å². The third kappa shape index (κ3) is 3.26. The van der Waals surface area contributed by atoms with Gasteiger partial charge in [-0.25, -0.2) is 0 Å². The summed E-state index contributed by atoms with van der Waals surface area (Å²) in [6.07, 6.45) is 3.35. The first kappa shape index (κ1) is 16.5. The molecule has 5 heteroatoms. The van der Waals surface area contributed by atoms with Crippen LogP contribution < -0.4 is 5.56 Å². The van der Waals surface area contributed by atoms with Gasteiger partial charge in [-0.15, -0.1) is 0 Å². The van der Waals surface area contributed by atoms with Crippen molar-refractivity contribution in [3.63, 3.8) is 0 Å². The van der Waals surface area contributed by atoms with Crippen LogP contribution in [0.15, 0.2) is 47.4 Å². The molecule has 1 saturated heterocycles. The molecule has 1 aromatic heterocycles. The van der Waals surface area contributed by atoms with Gasteiger partial charge in [0.15, 0.2) is 0 Å². The topological polar surface area (TPSA) is 62.5 Å². The number of likely N-dealkylation sites (tertiary alicyclic amines) is 1. The predicted octanol–water partition coefficient (Wildman–Crippen LogP) is 1.80. The molecular formula is C19H22N2O3. The number of hydrogen-bond acceptors (Lipinski definition) is 3. The monoisotopic (exact) mass is 326 g/mol. The number of aliphatic hydroxyl groups is 1. The fraction of sp³-hybridized carbons (Fsp3) is 0.368. The number of pyridine rings is 1. The van der Waals surface area contributed by atoms with E-state index in [1.165, 1.54) is 0 Å². The van der Waals surface area contributed by atoms with E-state index in [1.807, 2.05) is 31.2 Å². The maximum Gasteiger partial charge on any atom is 0.263 e. The molecule has 1 aliphatic rings. The van der Waals surface area contributed by atoms with Gasteiger partial charge in [0.25, 0.3) is 11.5 Å². The van der Waals surface area contributed by atoms with Crippen LogP contribution in [0.25, 0.3) is 0 Å². The van der Waals surface area contributed by atoms with Gasteiger partial charge in [0.05, 0.1) is 19.2 Å². The quantitative estimate of drug-likeness (QED) is 0.932. The molecule has 3 rings (SSSR count). The highest BCUT2D eigenvalue weighted by molar-refractivity contribution is 5.94. The molecule has 1 fully saturated rings. The Bertz CT molecular complexity index is 797. The minimum Gasteiger partial charge on any atom is -0.394 e. The maximum atomic E-state index is 12.7. The summed E-state index contributed by atoms with van der Waals surface area (Å²) in [4.78, 5) is 27.0. The second-order valence-corrected chi connectivity index (χ2v) is 6.32. The summed E-state index contributed by atoms with van der Waals surface area (Å²) >= 11 is 0. The molecule has 0 bridgehead atoms. The Morgan fingerprint density at radius 2 is 2.12 bits per heavy atom. The largest absolute Gasteiger partial charge is 0.394 e. The van der Waals surface area contributed by atoms with Gasteiger partial charge in [0, 0.05) is 12.7 Å². The van der Waals surface area contributed by atoms with Gasteiger partial charge >= 0.3 is 0 Å². The third-order valence-electron chi connectivity index (χ3n) is 4.53. The molecule has 0 spiro atoms. The molecule has 1 aliphatic heterocycles. The van der Waals surface area contributed by atoms with Crippen molar-refractivity contribution in [1.82, 2.24) is 9.47 Å². The number of hydrogen-bond donors (Lipinski definition) is 1. The van der Waals surface area contributed by atoms with Crippen molar-refractivity contribution in [2.75, 3.05) is 13.2 Å². The average Bonchev–Trinajstić information content (AvgIpc) is 3.05. The van der Waals surface area contributed by atoms with Crippen molar-refractivity contribution in [1.29, 1.82) is 0 Å². The molecule has 0 saturated carbocycles. The van der Waals surface area contributed by atoms with Crippen LogP contribution in [-0.2, 0) is 6.54 Å². The normalized spacial score (nSPS) is 17.2. The number of carbonyl (C=O) groups is 1. The Hall–Kier alpha value is -2.40. The van der Waals surface area contributed by atoms with Gasteiger partial charge in [0.1, 0.15) is 5.56 Å². The minimum atomic E-state index is -0.285. The van der Waals surface area contributed by atoms with Crippen LogP contribution in [0.5, 0.6) is 0 Å². The highest BCUT2D eigenvalue weighted by Gasteiger charge is 2.30. The van der Waals surface area contributed by atoms with E-state index in [2.05, 4.69) is 0 Å². The summed E-state index contributed by atoms with van der Waals surface area (Å²) in [6, 6.07) is 11.1. The molecule has 5 nitrogen and oxygen atoms in total. The van der Waals surface area contributed by atoms with Gasteiger partial charge in [-0.3, -0.25) is 9.59 Å². The summed E-state index contributed by atoms with van der Waals surface area (Å²) in [5.74, 6) is -0.282. The number of carbonyl (C=O) groups excluding carboxylic acids is 1. The highest BCUT2D eigenvalue weighted by atomic mass is 16.3. The number of benzene rings is 1. The SMILES string of the molecule is Cc1cccc(Cn2cccc(C(=O)N3CCC[C@@H]3CO)c2=O)c1. The van der Waals surface area contributed by atoms with Crippen molar-refractivity contribution >= 4 is 5.91 Å². The zero-order chi connectivity index (χ0) is 17.1. The van der Waals surface area contributed by atoms with Crippen molar-refractivity contribution in [2.24, 2.45) is 0 Å². The number of aromatic nitrogens is 1. The van der Waals surface area contributed by atoms with Crippen LogP contribution in [0.3, 0.4) is 0 Å². The Kier molecular flexibility index (Phi) is 4.81. The fourth-order valence-corrected chi connectivity index (χ4v) is 3.28. The lowest BCUT2D eigenvalue weighted by Gasteiger charge is -2.23. The van der Waals surface area contributed by atoms with Crippen molar-refractivity contribution in [3.8, 4) is 0 Å². The van der Waals surface area contributed by atoms with Gasteiger partial charge < -0.3 is 14.6 Å². The zero-order valence-electron chi connectivity index (χ0n) is 13.8. The number of amides is 1. The van der Waals surface area contributed by atoms with E-state index in [9.17, 15) is 14.7 Å². The molecule has 1 N–H and O–H groups in total. The van der Waals surface area contributed by atoms with E-state index >= 15 is 0 Å². The molecule has 0 aliphatic carbocycles. The minimum absolute atomic E-state index is 0.0595. The molecule has 0 unspecified atom stereocenters. The number of aliphatic hydroxyl groups excluding tert-OH is 1. The first-order valence-corrected chi connectivity index (χ1v) is 8.27. The lowest BCUT2D eigenvalue weighted by Crippen LogP contribution is -2.41. The van der Waals surface area contributed by atoms with Crippen molar-refractivity contribution in [3.05, 3.63) is 69.6 Å². The lowest BCUT2D eigenvalue weighted by atomic mass is 10.1. The van der Waals surface area contributed by atoms with Crippen LogP contribution in [0, 0.1) is 6.92 Å². The summed E-state index contributed by atoms with van der Waals surface area (Å²) in [6.45, 7) is 2.98.